The molecule has 5 aromatic rings. The number of nitrogens with one attached hydrogen (secondary N) is 4. The molecule has 4 amide bonds. The van der Waals surface area contributed by atoms with Crippen molar-refractivity contribution < 1.29 is 28.7 Å². The molecule has 17 heteroatoms. The number of aromatic nitrogens is 4. The van der Waals surface area contributed by atoms with Gasteiger partial charge in [0.15, 0.2) is 0 Å². The second-order valence-electron chi connectivity index (χ2n) is 19.6. The molecule has 4 aliphatic rings. The first-order chi connectivity index (χ1) is 32.8. The van der Waals surface area contributed by atoms with E-state index in [1.54, 1.807) is 0 Å². The van der Waals surface area contributed by atoms with E-state index in [2.05, 4.69) is 85.0 Å². The Labute approximate surface area is 402 Å². The first-order valence-corrected chi connectivity index (χ1v) is 24.8. The molecule has 16 nitrogen and oxygen atoms in total. The monoisotopic (exact) mass is 948 g/mol. The predicted molar refractivity (Wildman–Crippen MR) is 263 cm³/mol. The fourth-order valence-corrected chi connectivity index (χ4v) is 11.4. The number of aromatic amines is 2. The van der Waals surface area contributed by atoms with Crippen molar-refractivity contribution in [2.75, 3.05) is 50.2 Å². The van der Waals surface area contributed by atoms with Gasteiger partial charge in [-0.3, -0.25) is 9.59 Å². The van der Waals surface area contributed by atoms with Gasteiger partial charge < -0.3 is 49.7 Å². The maximum absolute atomic E-state index is 13.9. The topological polar surface area (TPSA) is 181 Å². The Hall–Kier alpha value is -6.03. The van der Waals surface area contributed by atoms with Gasteiger partial charge in [0, 0.05) is 31.9 Å². The van der Waals surface area contributed by atoms with Crippen molar-refractivity contribution in [3.8, 4) is 0 Å². The number of carbonyl (C=O) groups is 4. The molecule has 4 N–H and O–H groups in total. The number of likely N-dealkylation sites (tertiary alicyclic amines) is 2. The molecule has 4 saturated heterocycles. The lowest BCUT2D eigenvalue weighted by Gasteiger charge is -2.35. The molecule has 0 spiro atoms. The third kappa shape index (κ3) is 9.27. The Kier molecular flexibility index (Phi) is 13.8. The minimum Gasteiger partial charge on any atom is -0.453 e. The van der Waals surface area contributed by atoms with E-state index in [0.29, 0.717) is 13.1 Å². The van der Waals surface area contributed by atoms with Gasteiger partial charge in [0.05, 0.1) is 71.2 Å². The summed E-state index contributed by atoms with van der Waals surface area (Å²) < 4.78 is 9.68. The number of hydrogen-bond acceptors (Lipinski definition) is 10. The average Bonchev–Trinajstić information content (AvgIpc) is 4.20. The van der Waals surface area contributed by atoms with Crippen LogP contribution in [0.5, 0.6) is 0 Å². The number of benzene rings is 3. The van der Waals surface area contributed by atoms with Gasteiger partial charge in [-0.05, 0) is 123 Å². The zero-order chi connectivity index (χ0) is 47.8. The largest absolute Gasteiger partial charge is 0.453 e. The lowest BCUT2D eigenvalue weighted by Crippen LogP contribution is -2.51. The number of anilines is 2. The summed E-state index contributed by atoms with van der Waals surface area (Å²) in [6, 6.07) is 17.5. The van der Waals surface area contributed by atoms with Gasteiger partial charge in [-0.1, -0.05) is 51.4 Å². The molecule has 3 aromatic carbocycles. The Balaban J connectivity index is 1.02. The van der Waals surface area contributed by atoms with E-state index in [9.17, 15) is 19.2 Å². The van der Waals surface area contributed by atoms with Crippen LogP contribution in [0.15, 0.2) is 54.6 Å². The van der Waals surface area contributed by atoms with Crippen molar-refractivity contribution in [3.05, 3.63) is 82.4 Å². The quantitative estimate of drug-likeness (QED) is 0.0942. The predicted octanol–water partition coefficient (Wildman–Crippen LogP) is 9.25. The summed E-state index contributed by atoms with van der Waals surface area (Å²) in [7, 11) is 2.60. The highest BCUT2D eigenvalue weighted by Gasteiger charge is 2.41. The van der Waals surface area contributed by atoms with Crippen molar-refractivity contribution in [1.29, 1.82) is 0 Å². The highest BCUT2D eigenvalue weighted by atomic mass is 35.5. The van der Waals surface area contributed by atoms with Gasteiger partial charge >= 0.3 is 12.2 Å². The van der Waals surface area contributed by atoms with Crippen LogP contribution in [-0.2, 0) is 19.1 Å². The van der Waals surface area contributed by atoms with Crippen molar-refractivity contribution in [2.45, 2.75) is 122 Å². The first-order valence-electron chi connectivity index (χ1n) is 24.4. The molecule has 2 aromatic heterocycles. The summed E-state index contributed by atoms with van der Waals surface area (Å²) in [6.07, 6.45) is 7.27. The van der Waals surface area contributed by atoms with Crippen LogP contribution in [0.3, 0.4) is 0 Å². The minimum atomic E-state index is -0.715. The SMILES string of the molecule is COC(=O)NC(C(=O)N1CCC[C@H]1c1nc2ccc([C@H]3CC[C@H](c4ccc5nc([C@@H]6CCCN6C(=O)[C@@H](NC(=O)OC)C(C)C)[nH]c5c4)N3c3ccc(N4CCCCC4)c(Cl)c3)cc2[nH]1)C(C)C. The number of methoxy groups -OCH3 is 2. The number of amides is 4. The van der Waals surface area contributed by atoms with Crippen LogP contribution in [0, 0.1) is 11.8 Å². The van der Waals surface area contributed by atoms with Crippen LogP contribution in [0.1, 0.15) is 132 Å². The first kappa shape index (κ1) is 47.1. The Morgan fingerprint density at radius 3 is 1.54 bits per heavy atom. The lowest BCUT2D eigenvalue weighted by molar-refractivity contribution is -0.136. The summed E-state index contributed by atoms with van der Waals surface area (Å²) in [4.78, 5) is 78.2. The number of nitrogens with zero attached hydrogens (tertiary/aromatic N) is 6. The van der Waals surface area contributed by atoms with Gasteiger partial charge in [0.1, 0.15) is 23.7 Å². The summed E-state index contributed by atoms with van der Waals surface area (Å²) >= 11 is 7.22. The highest BCUT2D eigenvalue weighted by Crippen LogP contribution is 2.49. The third-order valence-corrected chi connectivity index (χ3v) is 14.9. The van der Waals surface area contributed by atoms with Gasteiger partial charge in [-0.2, -0.15) is 0 Å². The second kappa shape index (κ2) is 19.9. The fourth-order valence-electron chi connectivity index (χ4n) is 11.1. The normalized spacial score (nSPS) is 21.8. The fraction of sp³-hybridized carbons (Fsp3) is 0.529. The summed E-state index contributed by atoms with van der Waals surface area (Å²) in [5.41, 5.74) is 7.86. The molecule has 0 aliphatic carbocycles. The number of hydrogen-bond donors (Lipinski definition) is 4. The highest BCUT2D eigenvalue weighted by molar-refractivity contribution is 6.33. The third-order valence-electron chi connectivity index (χ3n) is 14.6. The Morgan fingerprint density at radius 2 is 1.10 bits per heavy atom. The van der Waals surface area contributed by atoms with Gasteiger partial charge in [0.25, 0.3) is 0 Å². The van der Waals surface area contributed by atoms with Crippen LogP contribution >= 0.6 is 11.6 Å². The molecule has 6 heterocycles. The summed E-state index contributed by atoms with van der Waals surface area (Å²) in [6.45, 7) is 10.8. The van der Waals surface area contributed by atoms with Crippen LogP contribution < -0.4 is 20.4 Å². The Morgan fingerprint density at radius 1 is 0.618 bits per heavy atom. The number of imidazole rings is 2. The van der Waals surface area contributed by atoms with Crippen LogP contribution in [-0.4, -0.2) is 106 Å². The van der Waals surface area contributed by atoms with Crippen LogP contribution in [0.25, 0.3) is 22.1 Å². The zero-order valence-corrected chi connectivity index (χ0v) is 40.8. The van der Waals surface area contributed by atoms with E-state index in [0.717, 1.165) is 126 Å². The summed E-state index contributed by atoms with van der Waals surface area (Å²) in [5, 5.41) is 6.23. The Bertz CT molecular complexity index is 2510. The molecule has 0 radical (unpaired) electrons. The van der Waals surface area contributed by atoms with E-state index < -0.39 is 24.3 Å². The standard InChI is InChI=1S/C51H65ClN10O6/c1-29(2)44(57-50(65)67-5)48(63)60-24-10-12-42(60)46-53-35-17-14-31(26-37(35)55-46)39-20-21-40(62(39)33-16-19-41(34(52)28-33)59-22-8-7-9-23-59)32-15-18-36-38(27-32)56-47(54-36)43-13-11-25-61(43)49(64)45(30(3)4)58-51(66)68-6/h14-19,26-30,39-40,42-45H,7-13,20-25H2,1-6H3,(H,53,55)(H,54,56)(H,57,65)(H,58,66)/t39-,40-,42+,43+,44+,45?/m1/s1. The lowest BCUT2D eigenvalue weighted by atomic mass is 10.0. The zero-order valence-electron chi connectivity index (χ0n) is 40.0. The number of halogens is 1. The minimum absolute atomic E-state index is 0.00685. The molecule has 4 aliphatic heterocycles. The second-order valence-corrected chi connectivity index (χ2v) is 20.0. The smallest absolute Gasteiger partial charge is 0.407 e. The van der Waals surface area contributed by atoms with Crippen molar-refractivity contribution in [3.63, 3.8) is 0 Å². The van der Waals surface area contributed by atoms with Gasteiger partial charge in [0.2, 0.25) is 11.8 Å². The summed E-state index contributed by atoms with van der Waals surface area (Å²) in [5.74, 6) is 0.930. The van der Waals surface area contributed by atoms with Crippen molar-refractivity contribution in [1.82, 2.24) is 40.4 Å². The van der Waals surface area contributed by atoms with Crippen molar-refractivity contribution >= 4 is 69.0 Å². The molecular formula is C51H65ClN10O6. The molecule has 4 fully saturated rings. The molecule has 1 unspecified atom stereocenters. The van der Waals surface area contributed by atoms with E-state index >= 15 is 0 Å². The van der Waals surface area contributed by atoms with Crippen LogP contribution in [0.4, 0.5) is 21.0 Å². The number of alkyl carbamates (subject to hydrolysis) is 2. The maximum Gasteiger partial charge on any atom is 0.407 e. The molecule has 0 saturated carbocycles. The van der Waals surface area contributed by atoms with E-state index in [-0.39, 0.29) is 47.8 Å². The van der Waals surface area contributed by atoms with Gasteiger partial charge in [-0.15, -0.1) is 0 Å². The van der Waals surface area contributed by atoms with Gasteiger partial charge in [-0.25, -0.2) is 19.6 Å². The molecule has 0 bridgehead atoms. The molecule has 9 rings (SSSR count). The van der Waals surface area contributed by atoms with E-state index in [1.165, 1.54) is 20.6 Å². The van der Waals surface area contributed by atoms with Crippen molar-refractivity contribution in [2.24, 2.45) is 11.8 Å². The maximum atomic E-state index is 13.9. The van der Waals surface area contributed by atoms with E-state index in [4.69, 9.17) is 31.0 Å². The number of ether oxygens (including phenoxy) is 2. The van der Waals surface area contributed by atoms with E-state index in [1.807, 2.05) is 37.5 Å². The van der Waals surface area contributed by atoms with Crippen LogP contribution in [0.2, 0.25) is 5.02 Å². The number of H-pyrrole nitrogens is 2. The average molecular weight is 950 g/mol. The molecule has 362 valence electrons. The number of carbonyl (C=O) groups excluding carboxylic acids is 4. The number of fused-ring (bicyclic) bond motifs is 2. The molecule has 6 atom stereocenters. The number of rotatable bonds is 12. The molecular weight excluding hydrogens is 884 g/mol. The number of piperidine rings is 1. The molecule has 68 heavy (non-hydrogen) atoms.